The Hall–Kier alpha value is 2.35. The van der Waals surface area contributed by atoms with Crippen LogP contribution in [0, 0.1) is 51.8 Å². The molecule has 0 aromatic carbocycles. The molecule has 0 amide bonds. The third kappa shape index (κ3) is 11.0. The van der Waals surface area contributed by atoms with Crippen molar-refractivity contribution in [2.24, 2.45) is 51.8 Å². The molecule has 0 aromatic rings. The Bertz CT molecular complexity index is 1470. The van der Waals surface area contributed by atoms with Gasteiger partial charge in [0.25, 0.3) is 0 Å². The van der Waals surface area contributed by atoms with Gasteiger partial charge in [0.2, 0.25) is 31.2 Å². The van der Waals surface area contributed by atoms with E-state index in [0.29, 0.717) is 11.8 Å². The Balaban J connectivity index is 0.00000384. The van der Waals surface area contributed by atoms with Crippen molar-refractivity contribution >= 4 is 31.2 Å². The van der Waals surface area contributed by atoms with Crippen molar-refractivity contribution in [3.63, 3.8) is 0 Å². The maximum atomic E-state index is 11.9. The quantitative estimate of drug-likeness (QED) is 0.0853. The van der Waals surface area contributed by atoms with Crippen LogP contribution in [0.2, 0.25) is 0 Å². The van der Waals surface area contributed by atoms with Crippen LogP contribution in [0.5, 0.6) is 0 Å². The third-order valence-electron chi connectivity index (χ3n) is 12.9. The zero-order valence-corrected chi connectivity index (χ0v) is 38.7. The minimum Gasteiger partial charge on any atom is -0.726 e. The second-order valence-electron chi connectivity index (χ2n) is 15.4. The number of hydrogen-bond acceptors (Lipinski definition) is 12. The van der Waals surface area contributed by atoms with Crippen molar-refractivity contribution in [3.05, 3.63) is 11.6 Å². The molecule has 4 saturated carbocycles. The van der Waals surface area contributed by atoms with E-state index in [1.165, 1.54) is 5.57 Å². The van der Waals surface area contributed by atoms with E-state index in [9.17, 15) is 38.9 Å². The van der Waals surface area contributed by atoms with Gasteiger partial charge >= 0.3 is 88.7 Å². The van der Waals surface area contributed by atoms with Gasteiger partial charge in [-0.1, -0.05) is 53.2 Å². The third-order valence-corrected chi connectivity index (χ3v) is 14.3. The average Bonchev–Trinajstić information content (AvgIpc) is 3.23. The largest absolute Gasteiger partial charge is 1.00 e. The number of rotatable bonds is 11. The van der Waals surface area contributed by atoms with Crippen LogP contribution >= 0.6 is 0 Å². The van der Waals surface area contributed by atoms with Gasteiger partial charge in [0.1, 0.15) is 12.2 Å². The molecule has 0 aliphatic heterocycles. The maximum Gasteiger partial charge on any atom is 1.00 e. The molecule has 0 spiro atoms. The van der Waals surface area contributed by atoms with Gasteiger partial charge in [0.05, 0.1) is 6.10 Å². The molecule has 11 atom stereocenters. The number of hydrogen-bond donors (Lipinski definition) is 0. The van der Waals surface area contributed by atoms with Gasteiger partial charge < -0.3 is 13.7 Å². The minimum absolute atomic E-state index is 0. The predicted molar refractivity (Wildman–Crippen MR) is 161 cm³/mol. The molecule has 0 aromatic heterocycles. The Labute approximate surface area is 355 Å². The van der Waals surface area contributed by atoms with Gasteiger partial charge in [-0.3, -0.25) is 12.5 Å². The first-order valence-electron chi connectivity index (χ1n) is 16.0. The summed E-state index contributed by atoms with van der Waals surface area (Å²) in [6, 6.07) is 0. The summed E-state index contributed by atoms with van der Waals surface area (Å²) in [6.45, 7) is 15.3. The Kier molecular flexibility index (Phi) is 17.6. The standard InChI is InChI=1S/C30H52O12S3.3Na/c1-8-28(4,5)19(3)10-9-18(2)21-11-12-22-20-15-25(40-43(31,32)33)24-16-26(41-44(34,35)36)27(42-45(37,38)39)17-30(24,7)23(20)13-14-29(21,22)6;;;/h10,18,20-27H,8-9,11-17H2,1-7H3,(H,31,32,33)(H,34,35,36)(H,37,38,39);;;/q;3*+1/p-3/b19-10+;;;/t18?,20?,21?,22?,23?,24?,25-,26-,27?,29?,30?;;;/m0.../s1. The van der Waals surface area contributed by atoms with Crippen molar-refractivity contribution in [2.75, 3.05) is 0 Å². The van der Waals surface area contributed by atoms with Crippen LogP contribution in [0.25, 0.3) is 0 Å². The molecule has 4 fully saturated rings. The molecule has 0 radical (unpaired) electrons. The summed E-state index contributed by atoms with van der Waals surface area (Å²) >= 11 is 0. The van der Waals surface area contributed by atoms with E-state index in [4.69, 9.17) is 8.37 Å². The molecule has 4 rings (SSSR count). The summed E-state index contributed by atoms with van der Waals surface area (Å²) in [5.41, 5.74) is 0.528. The first kappa shape index (κ1) is 48.4. The molecule has 18 heteroatoms. The first-order valence-corrected chi connectivity index (χ1v) is 20.0. The van der Waals surface area contributed by atoms with Crippen molar-refractivity contribution in [1.82, 2.24) is 0 Å². The molecule has 12 nitrogen and oxygen atoms in total. The first-order chi connectivity index (χ1) is 20.4. The van der Waals surface area contributed by atoms with Crippen molar-refractivity contribution < 1.29 is 140 Å². The molecule has 0 N–H and O–H groups in total. The normalized spacial score (nSPS) is 37.8. The van der Waals surface area contributed by atoms with E-state index in [1.54, 1.807) is 0 Å². The fraction of sp³-hybridized carbons (Fsp3) is 0.933. The second kappa shape index (κ2) is 17.4. The van der Waals surface area contributed by atoms with Crippen LogP contribution in [0.1, 0.15) is 106 Å². The molecule has 0 bridgehead atoms. The molecule has 0 heterocycles. The van der Waals surface area contributed by atoms with E-state index in [2.05, 4.69) is 51.8 Å². The summed E-state index contributed by atoms with van der Waals surface area (Å²) < 4.78 is 120. The van der Waals surface area contributed by atoms with E-state index in [1.807, 2.05) is 6.92 Å². The Morgan fingerprint density at radius 3 is 1.81 bits per heavy atom. The summed E-state index contributed by atoms with van der Waals surface area (Å²) in [5, 5.41) is 0. The predicted octanol–water partition coefficient (Wildman–Crippen LogP) is -4.18. The van der Waals surface area contributed by atoms with Crippen molar-refractivity contribution in [1.29, 1.82) is 0 Å². The molecule has 48 heavy (non-hydrogen) atoms. The Morgan fingerprint density at radius 1 is 0.792 bits per heavy atom. The summed E-state index contributed by atoms with van der Waals surface area (Å²) in [4.78, 5) is 0. The van der Waals surface area contributed by atoms with E-state index in [0.717, 1.165) is 38.5 Å². The molecule has 0 saturated heterocycles. The van der Waals surface area contributed by atoms with E-state index in [-0.39, 0.29) is 137 Å². The van der Waals surface area contributed by atoms with Gasteiger partial charge in [-0.05, 0) is 116 Å². The summed E-state index contributed by atoms with van der Waals surface area (Å²) in [7, 11) is -15.9. The second-order valence-corrected chi connectivity index (χ2v) is 18.4. The van der Waals surface area contributed by atoms with Crippen LogP contribution in [0.4, 0.5) is 0 Å². The van der Waals surface area contributed by atoms with Crippen molar-refractivity contribution in [2.45, 2.75) is 125 Å². The average molecular weight is 767 g/mol. The fourth-order valence-electron chi connectivity index (χ4n) is 10.1. The SMILES string of the molecule is CCC(C)(C)/C(C)=C/CC(C)C1CCC2C3C[C@H](OS(=O)(=O)[O-])C4C[C@H](OS(=O)(=O)[O-])C(OS(=O)(=O)[O-])CC4(C)C3CCC12C.[Na+].[Na+].[Na+]. The molecule has 4 aliphatic rings. The zero-order chi connectivity index (χ0) is 34.0. The minimum atomic E-state index is -5.35. The Morgan fingerprint density at radius 2 is 1.29 bits per heavy atom. The van der Waals surface area contributed by atoms with Crippen LogP contribution < -0.4 is 88.7 Å². The van der Waals surface area contributed by atoms with Gasteiger partial charge in [0, 0.05) is 0 Å². The van der Waals surface area contributed by atoms with Crippen LogP contribution in [0.15, 0.2) is 11.6 Å². The zero-order valence-electron chi connectivity index (χ0n) is 30.3. The summed E-state index contributed by atoms with van der Waals surface area (Å²) in [5.74, 6) is 0.0639. The maximum absolute atomic E-state index is 11.9. The molecular formula is C30H49Na3O12S3. The summed E-state index contributed by atoms with van der Waals surface area (Å²) in [6.07, 6.45) is 3.15. The van der Waals surface area contributed by atoms with Crippen LogP contribution in [0.3, 0.4) is 0 Å². The molecule has 4 aliphatic carbocycles. The van der Waals surface area contributed by atoms with E-state index >= 15 is 0 Å². The van der Waals surface area contributed by atoms with E-state index < -0.39 is 60.8 Å². The number of fused-ring (bicyclic) bond motifs is 5. The van der Waals surface area contributed by atoms with Gasteiger partial charge in [-0.25, -0.2) is 25.3 Å². The van der Waals surface area contributed by atoms with Gasteiger partial charge in [-0.2, -0.15) is 0 Å². The van der Waals surface area contributed by atoms with Crippen LogP contribution in [-0.2, 0) is 43.7 Å². The number of allylic oxidation sites excluding steroid dienone is 2. The van der Waals surface area contributed by atoms with Gasteiger partial charge in [0.15, 0.2) is 0 Å². The van der Waals surface area contributed by atoms with Crippen LogP contribution in [-0.4, -0.2) is 57.2 Å². The van der Waals surface area contributed by atoms with Crippen molar-refractivity contribution in [3.8, 4) is 0 Å². The topological polar surface area (TPSA) is 199 Å². The smallest absolute Gasteiger partial charge is 0.726 e. The molecule has 9 unspecified atom stereocenters. The molecule has 262 valence electrons. The molecular weight excluding hydrogens is 717 g/mol. The fourth-order valence-corrected chi connectivity index (χ4v) is 11.6. The van der Waals surface area contributed by atoms with Gasteiger partial charge in [-0.15, -0.1) is 0 Å². The monoisotopic (exact) mass is 766 g/mol.